The number of nitro groups is 1. The zero-order valence-electron chi connectivity index (χ0n) is 11.5. The number of ether oxygens (including phenoxy) is 1. The number of rotatable bonds is 6. The average Bonchev–Trinajstić information content (AvgIpc) is 2.48. The second kappa shape index (κ2) is 7.21. The van der Waals surface area contributed by atoms with Gasteiger partial charge in [-0.05, 0) is 30.4 Å². The number of benzene rings is 1. The van der Waals surface area contributed by atoms with Gasteiger partial charge in [0.2, 0.25) is 0 Å². The first-order chi connectivity index (χ1) is 9.70. The molecule has 1 aromatic rings. The monoisotopic (exact) mass is 279 g/mol. The van der Waals surface area contributed by atoms with E-state index in [0.717, 1.165) is 12.2 Å². The smallest absolute Gasteiger partial charge is 0.294 e. The Kier molecular flexibility index (Phi) is 5.31. The van der Waals surface area contributed by atoms with Gasteiger partial charge in [0.15, 0.2) is 0 Å². The second-order valence-electron chi connectivity index (χ2n) is 5.27. The van der Waals surface area contributed by atoms with E-state index in [1.807, 2.05) is 0 Å². The molecule has 0 spiro atoms. The molecule has 2 rings (SSSR count). The van der Waals surface area contributed by atoms with E-state index in [-0.39, 0.29) is 5.69 Å². The summed E-state index contributed by atoms with van der Waals surface area (Å²) in [5, 5.41) is 10.9. The van der Waals surface area contributed by atoms with Crippen molar-refractivity contribution in [2.24, 2.45) is 11.8 Å². The fourth-order valence-corrected chi connectivity index (χ4v) is 2.64. The van der Waals surface area contributed by atoms with E-state index < -0.39 is 4.92 Å². The first-order valence-electron chi connectivity index (χ1n) is 7.02. The van der Waals surface area contributed by atoms with Crippen LogP contribution in [0.3, 0.4) is 0 Å². The molecule has 0 aliphatic heterocycles. The molecule has 0 radical (unpaired) electrons. The van der Waals surface area contributed by atoms with Gasteiger partial charge in [-0.2, -0.15) is 0 Å². The quantitative estimate of drug-likeness (QED) is 0.474. The van der Waals surface area contributed by atoms with Crippen LogP contribution in [0.4, 0.5) is 11.4 Å². The Hall–Kier alpha value is -1.66. The molecular weight excluding hydrogens is 258 g/mol. The number of hydrogen-bond acceptors (Lipinski definition) is 5. The van der Waals surface area contributed by atoms with Crippen LogP contribution >= 0.6 is 0 Å². The molecule has 1 fully saturated rings. The fraction of sp³-hybridized carbons (Fsp3) is 0.571. The maximum atomic E-state index is 10.9. The Balaban J connectivity index is 1.89. The van der Waals surface area contributed by atoms with E-state index in [2.05, 4.69) is 5.43 Å². The van der Waals surface area contributed by atoms with Crippen molar-refractivity contribution in [1.29, 1.82) is 0 Å². The molecule has 1 saturated carbocycles. The third kappa shape index (κ3) is 3.91. The number of nitrogens with one attached hydrogen (secondary N) is 1. The minimum absolute atomic E-state index is 0.0220. The molecule has 20 heavy (non-hydrogen) atoms. The van der Waals surface area contributed by atoms with Gasteiger partial charge in [-0.3, -0.25) is 16.0 Å². The summed E-state index contributed by atoms with van der Waals surface area (Å²) in [5.74, 6) is 5.89. The molecular formula is C14H21N3O3. The molecule has 0 amide bonds. The highest BCUT2D eigenvalue weighted by Gasteiger charge is 2.15. The van der Waals surface area contributed by atoms with Gasteiger partial charge in [0.25, 0.3) is 5.69 Å². The number of nitrogens with two attached hydrogens (primary N) is 1. The SMILES string of the molecule is NNc1ccc(COCC2CCCCC2)cc1[N+](=O)[O-]. The largest absolute Gasteiger partial charge is 0.376 e. The summed E-state index contributed by atoms with van der Waals surface area (Å²) in [6.45, 7) is 1.15. The molecule has 0 saturated heterocycles. The lowest BCUT2D eigenvalue weighted by molar-refractivity contribution is -0.384. The molecule has 0 heterocycles. The Bertz CT molecular complexity index is 459. The lowest BCUT2D eigenvalue weighted by atomic mass is 9.90. The second-order valence-corrected chi connectivity index (χ2v) is 5.27. The van der Waals surface area contributed by atoms with Crippen LogP contribution in [0.2, 0.25) is 0 Å². The van der Waals surface area contributed by atoms with E-state index in [1.54, 1.807) is 12.1 Å². The van der Waals surface area contributed by atoms with Crippen molar-refractivity contribution in [2.45, 2.75) is 38.7 Å². The van der Waals surface area contributed by atoms with E-state index in [9.17, 15) is 10.1 Å². The van der Waals surface area contributed by atoms with Crippen LogP contribution < -0.4 is 11.3 Å². The third-order valence-corrected chi connectivity index (χ3v) is 3.76. The topological polar surface area (TPSA) is 90.4 Å². The van der Waals surface area contributed by atoms with E-state index in [0.29, 0.717) is 18.2 Å². The van der Waals surface area contributed by atoms with Gasteiger partial charge < -0.3 is 10.2 Å². The van der Waals surface area contributed by atoms with Gasteiger partial charge in [-0.25, -0.2) is 0 Å². The lowest BCUT2D eigenvalue weighted by Crippen LogP contribution is -2.13. The predicted molar refractivity (Wildman–Crippen MR) is 77.1 cm³/mol. The van der Waals surface area contributed by atoms with Crippen LogP contribution in [-0.4, -0.2) is 11.5 Å². The Morgan fingerprint density at radius 3 is 2.75 bits per heavy atom. The normalized spacial score (nSPS) is 16.1. The molecule has 0 unspecified atom stereocenters. The summed E-state index contributed by atoms with van der Waals surface area (Å²) in [6.07, 6.45) is 6.37. The summed E-state index contributed by atoms with van der Waals surface area (Å²) in [6, 6.07) is 4.91. The van der Waals surface area contributed by atoms with Crippen molar-refractivity contribution < 1.29 is 9.66 Å². The van der Waals surface area contributed by atoms with Crippen molar-refractivity contribution in [3.8, 4) is 0 Å². The minimum Gasteiger partial charge on any atom is -0.376 e. The number of hydrazine groups is 1. The molecule has 0 bridgehead atoms. The maximum absolute atomic E-state index is 10.9. The number of anilines is 1. The van der Waals surface area contributed by atoms with Gasteiger partial charge >= 0.3 is 0 Å². The first-order valence-corrected chi connectivity index (χ1v) is 7.02. The van der Waals surface area contributed by atoms with Crippen LogP contribution in [0.25, 0.3) is 0 Å². The van der Waals surface area contributed by atoms with Crippen LogP contribution in [0.5, 0.6) is 0 Å². The number of nitrogens with zero attached hydrogens (tertiary/aromatic N) is 1. The number of nitro benzene ring substituents is 1. The fourth-order valence-electron chi connectivity index (χ4n) is 2.64. The Labute approximate surface area is 118 Å². The van der Waals surface area contributed by atoms with Gasteiger partial charge in [0, 0.05) is 12.7 Å². The van der Waals surface area contributed by atoms with Crippen LogP contribution in [0.15, 0.2) is 18.2 Å². The molecule has 6 nitrogen and oxygen atoms in total. The first kappa shape index (κ1) is 14.7. The summed E-state index contributed by atoms with van der Waals surface area (Å²) in [5.41, 5.74) is 3.42. The van der Waals surface area contributed by atoms with Crippen LogP contribution in [-0.2, 0) is 11.3 Å². The molecule has 1 aliphatic carbocycles. The zero-order valence-corrected chi connectivity index (χ0v) is 11.5. The highest BCUT2D eigenvalue weighted by Crippen LogP contribution is 2.26. The summed E-state index contributed by atoms with van der Waals surface area (Å²) >= 11 is 0. The van der Waals surface area contributed by atoms with Crippen molar-refractivity contribution in [3.63, 3.8) is 0 Å². The Morgan fingerprint density at radius 1 is 1.35 bits per heavy atom. The predicted octanol–water partition coefficient (Wildman–Crippen LogP) is 2.98. The molecule has 0 atom stereocenters. The van der Waals surface area contributed by atoms with Crippen molar-refractivity contribution in [2.75, 3.05) is 12.0 Å². The van der Waals surface area contributed by atoms with Gasteiger partial charge in [-0.15, -0.1) is 0 Å². The molecule has 1 aromatic carbocycles. The maximum Gasteiger partial charge on any atom is 0.294 e. The molecule has 6 heteroatoms. The van der Waals surface area contributed by atoms with Crippen molar-refractivity contribution >= 4 is 11.4 Å². The van der Waals surface area contributed by atoms with Gasteiger partial charge in [0.1, 0.15) is 5.69 Å². The zero-order chi connectivity index (χ0) is 14.4. The van der Waals surface area contributed by atoms with Crippen molar-refractivity contribution in [1.82, 2.24) is 0 Å². The van der Waals surface area contributed by atoms with E-state index >= 15 is 0 Å². The standard InChI is InChI=1S/C14H21N3O3/c15-16-13-7-6-12(8-14(13)17(18)19)10-20-9-11-4-2-1-3-5-11/h6-8,11,16H,1-5,9-10,15H2. The van der Waals surface area contributed by atoms with Crippen LogP contribution in [0, 0.1) is 16.0 Å². The average molecular weight is 279 g/mol. The number of nitrogen functional groups attached to an aromatic ring is 1. The molecule has 0 aromatic heterocycles. The van der Waals surface area contributed by atoms with Gasteiger partial charge in [-0.1, -0.05) is 25.3 Å². The summed E-state index contributed by atoms with van der Waals surface area (Å²) < 4.78 is 5.69. The molecule has 1 aliphatic rings. The summed E-state index contributed by atoms with van der Waals surface area (Å²) in [7, 11) is 0. The third-order valence-electron chi connectivity index (χ3n) is 3.76. The highest BCUT2D eigenvalue weighted by atomic mass is 16.6. The molecule has 110 valence electrons. The summed E-state index contributed by atoms with van der Waals surface area (Å²) in [4.78, 5) is 10.5. The molecule has 3 N–H and O–H groups in total. The Morgan fingerprint density at radius 2 is 2.10 bits per heavy atom. The van der Waals surface area contributed by atoms with Gasteiger partial charge in [0.05, 0.1) is 11.5 Å². The number of hydrogen-bond donors (Lipinski definition) is 2. The lowest BCUT2D eigenvalue weighted by Gasteiger charge is -2.21. The van der Waals surface area contributed by atoms with E-state index in [4.69, 9.17) is 10.6 Å². The minimum atomic E-state index is -0.445. The highest BCUT2D eigenvalue weighted by molar-refractivity contribution is 5.61. The van der Waals surface area contributed by atoms with E-state index in [1.165, 1.54) is 38.2 Å². The van der Waals surface area contributed by atoms with Crippen molar-refractivity contribution in [3.05, 3.63) is 33.9 Å². The van der Waals surface area contributed by atoms with Crippen LogP contribution in [0.1, 0.15) is 37.7 Å².